The predicted molar refractivity (Wildman–Crippen MR) is 122 cm³/mol. The van der Waals surface area contributed by atoms with Crippen LogP contribution in [0.15, 0.2) is 23.2 Å². The molecule has 1 aromatic rings. The Morgan fingerprint density at radius 2 is 1.93 bits per heavy atom. The van der Waals surface area contributed by atoms with Crippen LogP contribution in [0.1, 0.15) is 25.0 Å². The van der Waals surface area contributed by atoms with Gasteiger partial charge in [-0.05, 0) is 18.9 Å². The molecule has 29 heavy (non-hydrogen) atoms. The lowest BCUT2D eigenvalue weighted by Gasteiger charge is -2.37. The highest BCUT2D eigenvalue weighted by molar-refractivity contribution is 14.0. The molecule has 0 aliphatic carbocycles. The Hall–Kier alpha value is -1.20. The van der Waals surface area contributed by atoms with Crippen LogP contribution < -0.4 is 15.4 Å². The molecule has 2 N–H and O–H groups in total. The maximum Gasteiger partial charge on any atom is 0.387 e. The molecule has 2 rings (SSSR count). The van der Waals surface area contributed by atoms with Gasteiger partial charge in [-0.2, -0.15) is 8.78 Å². The third kappa shape index (κ3) is 8.59. The van der Waals surface area contributed by atoms with Crippen LogP contribution in [0.25, 0.3) is 0 Å². The van der Waals surface area contributed by atoms with Crippen molar-refractivity contribution in [2.24, 2.45) is 10.9 Å². The fraction of sp³-hybridized carbons (Fsp3) is 0.650. The van der Waals surface area contributed by atoms with E-state index in [-0.39, 0.29) is 29.7 Å². The second-order valence-corrected chi connectivity index (χ2v) is 7.26. The van der Waals surface area contributed by atoms with Crippen molar-refractivity contribution in [3.63, 3.8) is 0 Å². The number of nitrogens with zero attached hydrogens (tertiary/aromatic N) is 2. The largest absolute Gasteiger partial charge is 0.434 e. The molecule has 0 amide bonds. The number of halogens is 3. The Labute approximate surface area is 189 Å². The number of hydrogen-bond acceptors (Lipinski definition) is 4. The zero-order valence-corrected chi connectivity index (χ0v) is 19.9. The summed E-state index contributed by atoms with van der Waals surface area (Å²) in [6, 6.07) is 5.52. The number of ether oxygens (including phenoxy) is 2. The van der Waals surface area contributed by atoms with Crippen LogP contribution in [0.5, 0.6) is 5.75 Å². The van der Waals surface area contributed by atoms with Crippen LogP contribution in [0.2, 0.25) is 0 Å². The zero-order valence-electron chi connectivity index (χ0n) is 17.6. The van der Waals surface area contributed by atoms with Gasteiger partial charge in [-0.3, -0.25) is 9.89 Å². The van der Waals surface area contributed by atoms with Gasteiger partial charge in [0.1, 0.15) is 5.75 Å². The second kappa shape index (κ2) is 13.2. The molecule has 9 heteroatoms. The lowest BCUT2D eigenvalue weighted by Crippen LogP contribution is -2.52. The molecule has 6 nitrogen and oxygen atoms in total. The number of nitrogens with one attached hydrogen (secondary N) is 2. The van der Waals surface area contributed by atoms with Gasteiger partial charge in [0.15, 0.2) is 5.96 Å². The van der Waals surface area contributed by atoms with Crippen LogP contribution in [0.3, 0.4) is 0 Å². The fourth-order valence-electron chi connectivity index (χ4n) is 3.35. The van der Waals surface area contributed by atoms with E-state index < -0.39 is 6.61 Å². The summed E-state index contributed by atoms with van der Waals surface area (Å²) in [6.45, 7) is 7.93. The number of rotatable bonds is 8. The van der Waals surface area contributed by atoms with Crippen LogP contribution in [-0.2, 0) is 11.3 Å². The van der Waals surface area contributed by atoms with Gasteiger partial charge >= 0.3 is 6.61 Å². The van der Waals surface area contributed by atoms with Crippen LogP contribution in [0.4, 0.5) is 8.78 Å². The summed E-state index contributed by atoms with van der Waals surface area (Å²) >= 11 is 0. The molecule has 0 aromatic heterocycles. The molecule has 1 atom stereocenters. The first-order valence-electron chi connectivity index (χ1n) is 9.71. The summed E-state index contributed by atoms with van der Waals surface area (Å²) in [5.41, 5.74) is 1.64. The molecule has 1 saturated heterocycles. The first kappa shape index (κ1) is 25.8. The van der Waals surface area contributed by atoms with Crippen LogP contribution >= 0.6 is 24.0 Å². The van der Waals surface area contributed by atoms with Gasteiger partial charge in [-0.15, -0.1) is 24.0 Å². The molecule has 0 radical (unpaired) electrons. The Morgan fingerprint density at radius 1 is 1.24 bits per heavy atom. The number of alkyl halides is 2. The molecule has 1 unspecified atom stereocenters. The minimum absolute atomic E-state index is 0. The van der Waals surface area contributed by atoms with Gasteiger partial charge in [-0.25, -0.2) is 0 Å². The summed E-state index contributed by atoms with van der Waals surface area (Å²) in [6.07, 6.45) is 0. The SMILES string of the molecule is CN=C(NCc1cc(C)ccc1OC(F)F)NCC(C(C)C)N1CCOCC1.I. The monoisotopic (exact) mass is 526 g/mol. The lowest BCUT2D eigenvalue weighted by atomic mass is 10.0. The lowest BCUT2D eigenvalue weighted by molar-refractivity contribution is -0.0504. The molecule has 1 aliphatic rings. The third-order valence-electron chi connectivity index (χ3n) is 4.86. The van der Waals surface area contributed by atoms with Crippen LogP contribution in [0, 0.1) is 12.8 Å². The van der Waals surface area contributed by atoms with E-state index >= 15 is 0 Å². The van der Waals surface area contributed by atoms with Crippen molar-refractivity contribution in [1.29, 1.82) is 0 Å². The Morgan fingerprint density at radius 3 is 2.52 bits per heavy atom. The van der Waals surface area contributed by atoms with Crippen molar-refractivity contribution in [2.45, 2.75) is 40.0 Å². The number of morpholine rings is 1. The Balaban J connectivity index is 0.00000420. The molecule has 1 fully saturated rings. The van der Waals surface area contributed by atoms with Gasteiger partial charge in [0.05, 0.1) is 13.2 Å². The normalized spacial score (nSPS) is 16.5. The van der Waals surface area contributed by atoms with E-state index in [1.54, 1.807) is 19.2 Å². The number of guanidine groups is 1. The maximum absolute atomic E-state index is 12.6. The van der Waals surface area contributed by atoms with Crippen molar-refractivity contribution in [2.75, 3.05) is 39.9 Å². The highest BCUT2D eigenvalue weighted by Gasteiger charge is 2.24. The summed E-state index contributed by atoms with van der Waals surface area (Å²) in [7, 11) is 1.70. The smallest absolute Gasteiger partial charge is 0.387 e. The van der Waals surface area contributed by atoms with Crippen molar-refractivity contribution < 1.29 is 18.3 Å². The van der Waals surface area contributed by atoms with Crippen molar-refractivity contribution in [3.05, 3.63) is 29.3 Å². The predicted octanol–water partition coefficient (Wildman–Crippen LogP) is 3.24. The minimum Gasteiger partial charge on any atom is -0.434 e. The van der Waals surface area contributed by atoms with E-state index in [2.05, 4.69) is 39.1 Å². The van der Waals surface area contributed by atoms with Crippen molar-refractivity contribution in [1.82, 2.24) is 15.5 Å². The quantitative estimate of drug-likeness (QED) is 0.310. The fourth-order valence-corrected chi connectivity index (χ4v) is 3.35. The molecular formula is C20H33F2IN4O2. The molecule has 1 heterocycles. The van der Waals surface area contributed by atoms with E-state index in [4.69, 9.17) is 4.74 Å². The van der Waals surface area contributed by atoms with E-state index in [0.717, 1.165) is 38.4 Å². The van der Waals surface area contributed by atoms with E-state index in [9.17, 15) is 8.78 Å². The standard InChI is InChI=1S/C20H32F2N4O2.HI/c1-14(2)17(26-7-9-27-10-8-26)13-25-20(23-4)24-12-16-11-15(3)5-6-18(16)28-19(21)22;/h5-6,11,14,17,19H,7-10,12-13H2,1-4H3,(H2,23,24,25);1H. The highest BCUT2D eigenvalue weighted by Crippen LogP contribution is 2.22. The molecule has 1 aliphatic heterocycles. The summed E-state index contributed by atoms with van der Waals surface area (Å²) in [4.78, 5) is 6.69. The number of hydrogen-bond donors (Lipinski definition) is 2. The molecular weight excluding hydrogens is 493 g/mol. The van der Waals surface area contributed by atoms with E-state index in [0.29, 0.717) is 30.0 Å². The van der Waals surface area contributed by atoms with Crippen LogP contribution in [-0.4, -0.2) is 63.4 Å². The second-order valence-electron chi connectivity index (χ2n) is 7.26. The molecule has 0 spiro atoms. The molecule has 0 bridgehead atoms. The summed E-state index contributed by atoms with van der Waals surface area (Å²) < 4.78 is 35.3. The molecule has 1 aromatic carbocycles. The Kier molecular flexibility index (Phi) is 11.7. The minimum atomic E-state index is -2.85. The average Bonchev–Trinajstić information content (AvgIpc) is 2.66. The van der Waals surface area contributed by atoms with Gasteiger partial charge in [0.2, 0.25) is 0 Å². The zero-order chi connectivity index (χ0) is 20.5. The first-order valence-corrected chi connectivity index (χ1v) is 9.71. The van der Waals surface area contributed by atoms with Gasteiger partial charge in [0, 0.05) is 44.8 Å². The molecule has 0 saturated carbocycles. The topological polar surface area (TPSA) is 58.1 Å². The average molecular weight is 526 g/mol. The first-order chi connectivity index (χ1) is 13.4. The summed E-state index contributed by atoms with van der Waals surface area (Å²) in [5.74, 6) is 1.28. The third-order valence-corrected chi connectivity index (χ3v) is 4.86. The molecule has 166 valence electrons. The maximum atomic E-state index is 12.6. The van der Waals surface area contributed by atoms with E-state index in [1.807, 2.05) is 13.0 Å². The van der Waals surface area contributed by atoms with Gasteiger partial charge in [-0.1, -0.05) is 31.5 Å². The Bertz CT molecular complexity index is 641. The van der Waals surface area contributed by atoms with E-state index in [1.165, 1.54) is 0 Å². The summed E-state index contributed by atoms with van der Waals surface area (Å²) in [5, 5.41) is 6.56. The number of benzene rings is 1. The number of aliphatic imine (C=N–C) groups is 1. The van der Waals surface area contributed by atoms with Gasteiger partial charge < -0.3 is 20.1 Å². The van der Waals surface area contributed by atoms with Crippen molar-refractivity contribution >= 4 is 29.9 Å². The van der Waals surface area contributed by atoms with Gasteiger partial charge in [0.25, 0.3) is 0 Å². The number of aryl methyl sites for hydroxylation is 1. The highest BCUT2D eigenvalue weighted by atomic mass is 127. The van der Waals surface area contributed by atoms with Crippen molar-refractivity contribution in [3.8, 4) is 5.75 Å².